The topological polar surface area (TPSA) is 41.1 Å². The van der Waals surface area contributed by atoms with Crippen LogP contribution in [0, 0.1) is 0 Å². The van der Waals surface area contributed by atoms with E-state index in [1.807, 2.05) is 0 Å². The molecule has 0 aromatic carbocycles. The Bertz CT molecular complexity index is 109. The average Bonchev–Trinajstić information content (AvgIpc) is 2.28. The van der Waals surface area contributed by atoms with E-state index >= 15 is 0 Å². The van der Waals surface area contributed by atoms with Crippen molar-refractivity contribution in [3.8, 4) is 0 Å². The molecule has 1 aliphatic rings. The molecule has 1 fully saturated rings. The Morgan fingerprint density at radius 3 is 3.18 bits per heavy atom. The summed E-state index contributed by atoms with van der Waals surface area (Å²) in [6.07, 6.45) is 4.49. The fourth-order valence-corrected chi connectivity index (χ4v) is 1.44. The van der Waals surface area contributed by atoms with Crippen LogP contribution in [-0.2, 0) is 4.79 Å². The number of carbonyl (C=O) groups is 1. The first kappa shape index (κ1) is 8.68. The molecule has 1 unspecified atom stereocenters. The van der Waals surface area contributed by atoms with Crippen LogP contribution < -0.4 is 10.6 Å². The lowest BCUT2D eigenvalue weighted by molar-refractivity contribution is -0.107. The fraction of sp³-hybridized carbons (Fsp3) is 0.875. The van der Waals surface area contributed by atoms with Crippen LogP contribution in [0.15, 0.2) is 0 Å². The number of carbonyl (C=O) groups excluding carboxylic acids is 1. The predicted octanol–water partition coefficient (Wildman–Crippen LogP) is -0.0830. The summed E-state index contributed by atoms with van der Waals surface area (Å²) < 4.78 is 0. The average molecular weight is 156 g/mol. The second-order valence-electron chi connectivity index (χ2n) is 2.95. The molecule has 0 aliphatic carbocycles. The van der Waals surface area contributed by atoms with Gasteiger partial charge in [-0.25, -0.2) is 0 Å². The van der Waals surface area contributed by atoms with E-state index in [0.29, 0.717) is 12.6 Å². The maximum absolute atomic E-state index is 10.1. The summed E-state index contributed by atoms with van der Waals surface area (Å²) in [5.74, 6) is 0. The lowest BCUT2D eigenvalue weighted by Gasteiger charge is -2.12. The van der Waals surface area contributed by atoms with Crippen LogP contribution in [-0.4, -0.2) is 32.0 Å². The lowest BCUT2D eigenvalue weighted by Crippen LogP contribution is -2.31. The smallest absolute Gasteiger partial charge is 0.133 e. The van der Waals surface area contributed by atoms with Crippen LogP contribution >= 0.6 is 0 Å². The third-order valence-electron chi connectivity index (χ3n) is 2.07. The molecule has 2 N–H and O–H groups in total. The minimum atomic E-state index is 0.505. The van der Waals surface area contributed by atoms with Crippen molar-refractivity contribution in [1.82, 2.24) is 10.6 Å². The molecule has 0 saturated carbocycles. The highest BCUT2D eigenvalue weighted by atomic mass is 16.1. The van der Waals surface area contributed by atoms with Gasteiger partial charge in [0, 0.05) is 6.04 Å². The molecule has 0 bridgehead atoms. The number of hydrogen-bond donors (Lipinski definition) is 2. The van der Waals surface area contributed by atoms with E-state index in [1.54, 1.807) is 0 Å². The van der Waals surface area contributed by atoms with Gasteiger partial charge in [0.25, 0.3) is 0 Å². The summed E-state index contributed by atoms with van der Waals surface area (Å²) in [7, 11) is 0. The molecule has 3 heteroatoms. The molecule has 64 valence electrons. The summed E-state index contributed by atoms with van der Waals surface area (Å²) in [6, 6.07) is 0.551. The van der Waals surface area contributed by atoms with Crippen molar-refractivity contribution >= 4 is 6.29 Å². The highest BCUT2D eigenvalue weighted by Gasteiger charge is 2.09. The maximum atomic E-state index is 10.1. The maximum Gasteiger partial charge on any atom is 0.133 e. The fourth-order valence-electron chi connectivity index (χ4n) is 1.44. The van der Waals surface area contributed by atoms with Gasteiger partial charge in [0.05, 0.1) is 6.54 Å². The Morgan fingerprint density at radius 1 is 1.45 bits per heavy atom. The number of rotatable bonds is 3. The molecule has 1 rings (SSSR count). The van der Waals surface area contributed by atoms with Crippen molar-refractivity contribution in [2.45, 2.75) is 25.3 Å². The second kappa shape index (κ2) is 5.27. The van der Waals surface area contributed by atoms with E-state index < -0.39 is 0 Å². The summed E-state index contributed by atoms with van der Waals surface area (Å²) >= 11 is 0. The third-order valence-corrected chi connectivity index (χ3v) is 2.07. The second-order valence-corrected chi connectivity index (χ2v) is 2.95. The monoisotopic (exact) mass is 156 g/mol. The molecule has 1 atom stereocenters. The van der Waals surface area contributed by atoms with Crippen LogP contribution in [0.3, 0.4) is 0 Å². The minimum absolute atomic E-state index is 0.505. The van der Waals surface area contributed by atoms with Crippen LogP contribution in [0.25, 0.3) is 0 Å². The Labute approximate surface area is 67.5 Å². The first-order chi connectivity index (χ1) is 5.43. The summed E-state index contributed by atoms with van der Waals surface area (Å²) in [4.78, 5) is 10.1. The number of aldehydes is 1. The van der Waals surface area contributed by atoms with Crippen molar-refractivity contribution < 1.29 is 4.79 Å². The Balaban J connectivity index is 2.14. The van der Waals surface area contributed by atoms with E-state index in [2.05, 4.69) is 10.6 Å². The standard InChI is InChI=1S/C8H16N2O/c11-7-6-10-8-2-1-4-9-5-3-8/h7-10H,1-6H2. The molecule has 1 heterocycles. The highest BCUT2D eigenvalue weighted by Crippen LogP contribution is 2.03. The molecule has 0 radical (unpaired) electrons. The van der Waals surface area contributed by atoms with Crippen molar-refractivity contribution in [3.63, 3.8) is 0 Å². The summed E-state index contributed by atoms with van der Waals surface area (Å²) in [5.41, 5.74) is 0. The van der Waals surface area contributed by atoms with E-state index in [-0.39, 0.29) is 0 Å². The van der Waals surface area contributed by atoms with Crippen LogP contribution in [0.2, 0.25) is 0 Å². The highest BCUT2D eigenvalue weighted by molar-refractivity contribution is 5.51. The Hall–Kier alpha value is -0.410. The summed E-state index contributed by atoms with van der Waals surface area (Å²) in [6.45, 7) is 2.71. The van der Waals surface area contributed by atoms with Crippen molar-refractivity contribution in [1.29, 1.82) is 0 Å². The molecule has 0 aromatic rings. The zero-order valence-corrected chi connectivity index (χ0v) is 6.81. The molecule has 3 nitrogen and oxygen atoms in total. The largest absolute Gasteiger partial charge is 0.317 e. The molecular weight excluding hydrogens is 140 g/mol. The van der Waals surface area contributed by atoms with Crippen molar-refractivity contribution in [3.05, 3.63) is 0 Å². The van der Waals surface area contributed by atoms with Crippen molar-refractivity contribution in [2.24, 2.45) is 0 Å². The first-order valence-electron chi connectivity index (χ1n) is 4.31. The quantitative estimate of drug-likeness (QED) is 0.561. The zero-order valence-electron chi connectivity index (χ0n) is 6.81. The molecule has 1 saturated heterocycles. The number of nitrogens with one attached hydrogen (secondary N) is 2. The molecular formula is C8H16N2O. The normalized spacial score (nSPS) is 26.0. The number of hydrogen-bond acceptors (Lipinski definition) is 3. The molecule has 0 amide bonds. The van der Waals surface area contributed by atoms with E-state index in [4.69, 9.17) is 0 Å². The Kier molecular flexibility index (Phi) is 4.16. The van der Waals surface area contributed by atoms with Crippen LogP contribution in [0.5, 0.6) is 0 Å². The third kappa shape index (κ3) is 3.49. The minimum Gasteiger partial charge on any atom is -0.317 e. The van der Waals surface area contributed by atoms with Crippen LogP contribution in [0.4, 0.5) is 0 Å². The van der Waals surface area contributed by atoms with Gasteiger partial charge >= 0.3 is 0 Å². The molecule has 11 heavy (non-hydrogen) atoms. The van der Waals surface area contributed by atoms with Gasteiger partial charge in [0.1, 0.15) is 6.29 Å². The summed E-state index contributed by atoms with van der Waals surface area (Å²) in [5, 5.41) is 6.53. The SMILES string of the molecule is O=CCNC1CCCNCC1. The van der Waals surface area contributed by atoms with Gasteiger partial charge in [-0.2, -0.15) is 0 Å². The van der Waals surface area contributed by atoms with Gasteiger partial charge in [-0.15, -0.1) is 0 Å². The first-order valence-corrected chi connectivity index (χ1v) is 4.31. The van der Waals surface area contributed by atoms with Gasteiger partial charge in [0.2, 0.25) is 0 Å². The van der Waals surface area contributed by atoms with Gasteiger partial charge in [0.15, 0.2) is 0 Å². The van der Waals surface area contributed by atoms with E-state index in [9.17, 15) is 4.79 Å². The zero-order chi connectivity index (χ0) is 7.94. The van der Waals surface area contributed by atoms with Gasteiger partial charge in [-0.1, -0.05) is 0 Å². The molecule has 0 aromatic heterocycles. The van der Waals surface area contributed by atoms with Gasteiger partial charge in [-0.3, -0.25) is 0 Å². The van der Waals surface area contributed by atoms with E-state index in [1.165, 1.54) is 12.8 Å². The van der Waals surface area contributed by atoms with Crippen molar-refractivity contribution in [2.75, 3.05) is 19.6 Å². The molecule has 0 spiro atoms. The molecule has 1 aliphatic heterocycles. The van der Waals surface area contributed by atoms with E-state index in [0.717, 1.165) is 25.8 Å². The lowest BCUT2D eigenvalue weighted by atomic mass is 10.1. The van der Waals surface area contributed by atoms with Crippen LogP contribution in [0.1, 0.15) is 19.3 Å². The van der Waals surface area contributed by atoms with Gasteiger partial charge < -0.3 is 15.4 Å². The predicted molar refractivity (Wildman–Crippen MR) is 44.6 cm³/mol. The van der Waals surface area contributed by atoms with Gasteiger partial charge in [-0.05, 0) is 32.4 Å². The Morgan fingerprint density at radius 2 is 2.36 bits per heavy atom.